The molecule has 25 heavy (non-hydrogen) atoms. The normalized spacial score (nSPS) is 19.3. The van der Waals surface area contributed by atoms with Crippen LogP contribution in [0, 0.1) is 5.92 Å². The zero-order valence-corrected chi connectivity index (χ0v) is 14.8. The lowest BCUT2D eigenvalue weighted by molar-refractivity contribution is -0.133. The molecule has 1 aromatic rings. The smallest absolute Gasteiger partial charge is 0.335 e. The number of rotatable bonds is 6. The number of nitrogens with zero attached hydrogens (tertiary/aromatic N) is 2. The Morgan fingerprint density at radius 3 is 2.48 bits per heavy atom. The fourth-order valence-electron chi connectivity index (χ4n) is 4.00. The number of carbonyl (C=O) groups excluding carboxylic acids is 1. The van der Waals surface area contributed by atoms with Gasteiger partial charge in [0.15, 0.2) is 0 Å². The van der Waals surface area contributed by atoms with E-state index in [4.69, 9.17) is 5.11 Å². The van der Waals surface area contributed by atoms with Gasteiger partial charge in [0.05, 0.1) is 5.56 Å². The number of aromatic carboxylic acids is 1. The van der Waals surface area contributed by atoms with Gasteiger partial charge in [-0.25, -0.2) is 4.79 Å². The Balaban J connectivity index is 1.42. The number of carboxylic acid groups (broad SMARTS) is 1. The lowest BCUT2D eigenvalue weighted by atomic mass is 10.0. The maximum atomic E-state index is 12.4. The van der Waals surface area contributed by atoms with E-state index in [1.807, 2.05) is 11.0 Å². The third-order valence-electron chi connectivity index (χ3n) is 5.55. The summed E-state index contributed by atoms with van der Waals surface area (Å²) in [6, 6.07) is 7.11. The quantitative estimate of drug-likeness (QED) is 0.862. The molecule has 1 aliphatic heterocycles. The summed E-state index contributed by atoms with van der Waals surface area (Å²) < 4.78 is 0. The maximum absolute atomic E-state index is 12.4. The van der Waals surface area contributed by atoms with Gasteiger partial charge >= 0.3 is 5.97 Å². The molecule has 1 amide bonds. The number of amides is 1. The monoisotopic (exact) mass is 344 g/mol. The molecular weight excluding hydrogens is 316 g/mol. The van der Waals surface area contributed by atoms with E-state index in [0.717, 1.165) is 50.6 Å². The van der Waals surface area contributed by atoms with Crippen molar-refractivity contribution in [2.75, 3.05) is 26.2 Å². The van der Waals surface area contributed by atoms with Gasteiger partial charge in [-0.05, 0) is 30.0 Å². The van der Waals surface area contributed by atoms with Crippen molar-refractivity contribution >= 4 is 11.9 Å². The summed E-state index contributed by atoms with van der Waals surface area (Å²) in [5.41, 5.74) is 1.35. The van der Waals surface area contributed by atoms with Crippen molar-refractivity contribution in [2.45, 2.75) is 45.1 Å². The van der Waals surface area contributed by atoms with Gasteiger partial charge in [0.1, 0.15) is 0 Å². The number of hydrogen-bond acceptors (Lipinski definition) is 3. The maximum Gasteiger partial charge on any atom is 0.335 e. The molecule has 1 saturated carbocycles. The van der Waals surface area contributed by atoms with E-state index >= 15 is 0 Å². The second-order valence-electron chi connectivity index (χ2n) is 7.35. The van der Waals surface area contributed by atoms with Gasteiger partial charge in [-0.1, -0.05) is 37.8 Å². The number of carboxylic acids is 1. The van der Waals surface area contributed by atoms with Crippen LogP contribution in [0.3, 0.4) is 0 Å². The Hall–Kier alpha value is -1.88. The number of benzene rings is 1. The van der Waals surface area contributed by atoms with Crippen molar-refractivity contribution in [2.24, 2.45) is 5.92 Å². The van der Waals surface area contributed by atoms with E-state index in [1.165, 1.54) is 25.7 Å². The van der Waals surface area contributed by atoms with Crippen LogP contribution >= 0.6 is 0 Å². The van der Waals surface area contributed by atoms with Crippen molar-refractivity contribution in [1.82, 2.24) is 9.80 Å². The molecule has 0 atom stereocenters. The third-order valence-corrected chi connectivity index (χ3v) is 5.55. The lowest BCUT2D eigenvalue weighted by Gasteiger charge is -2.35. The minimum atomic E-state index is -0.889. The van der Waals surface area contributed by atoms with Crippen molar-refractivity contribution in [3.63, 3.8) is 0 Å². The molecule has 0 spiro atoms. The number of carbonyl (C=O) groups is 2. The molecule has 5 nitrogen and oxygen atoms in total. The predicted molar refractivity (Wildman–Crippen MR) is 96.5 cm³/mol. The molecule has 1 aromatic carbocycles. The van der Waals surface area contributed by atoms with Gasteiger partial charge in [-0.3, -0.25) is 9.69 Å². The minimum absolute atomic E-state index is 0.305. The first kappa shape index (κ1) is 17.9. The second kappa shape index (κ2) is 8.48. The molecule has 1 N–H and O–H groups in total. The van der Waals surface area contributed by atoms with Crippen LogP contribution in [0.5, 0.6) is 0 Å². The average Bonchev–Trinajstić information content (AvgIpc) is 3.14. The highest BCUT2D eigenvalue weighted by molar-refractivity contribution is 5.87. The molecule has 136 valence electrons. The largest absolute Gasteiger partial charge is 0.478 e. The van der Waals surface area contributed by atoms with Crippen LogP contribution in [0.1, 0.15) is 54.4 Å². The highest BCUT2D eigenvalue weighted by atomic mass is 16.4. The van der Waals surface area contributed by atoms with Gasteiger partial charge in [-0.2, -0.15) is 0 Å². The van der Waals surface area contributed by atoms with Crippen molar-refractivity contribution < 1.29 is 14.7 Å². The summed E-state index contributed by atoms with van der Waals surface area (Å²) in [7, 11) is 0. The highest BCUT2D eigenvalue weighted by Gasteiger charge is 2.23. The van der Waals surface area contributed by atoms with Crippen LogP contribution in [-0.4, -0.2) is 53.0 Å². The Kier molecular flexibility index (Phi) is 6.08. The third kappa shape index (κ3) is 5.05. The number of hydrogen-bond donors (Lipinski definition) is 1. The van der Waals surface area contributed by atoms with Gasteiger partial charge in [-0.15, -0.1) is 0 Å². The standard InChI is InChI=1S/C20H28N2O3/c23-19(9-8-16-4-1-2-5-16)22-12-10-21(11-13-22)15-17-6-3-7-18(14-17)20(24)25/h3,6-7,14,16H,1-2,4-5,8-13,15H2,(H,24,25). The van der Waals surface area contributed by atoms with E-state index < -0.39 is 5.97 Å². The summed E-state index contributed by atoms with van der Waals surface area (Å²) in [4.78, 5) is 27.7. The van der Waals surface area contributed by atoms with E-state index in [9.17, 15) is 9.59 Å². The summed E-state index contributed by atoms with van der Waals surface area (Å²) >= 11 is 0. The molecule has 5 heteroatoms. The van der Waals surface area contributed by atoms with E-state index in [1.54, 1.807) is 18.2 Å². The predicted octanol–water partition coefficient (Wildman–Crippen LogP) is 3.00. The van der Waals surface area contributed by atoms with Crippen LogP contribution in [0.25, 0.3) is 0 Å². The van der Waals surface area contributed by atoms with Gasteiger partial charge in [0, 0.05) is 39.1 Å². The molecule has 1 heterocycles. The van der Waals surface area contributed by atoms with Crippen LogP contribution < -0.4 is 0 Å². The summed E-state index contributed by atoms with van der Waals surface area (Å²) in [5.74, 6) is 0.186. The van der Waals surface area contributed by atoms with E-state index in [0.29, 0.717) is 17.9 Å². The van der Waals surface area contributed by atoms with Gasteiger partial charge < -0.3 is 10.0 Å². The minimum Gasteiger partial charge on any atom is -0.478 e. The van der Waals surface area contributed by atoms with E-state index in [2.05, 4.69) is 4.90 Å². The summed E-state index contributed by atoms with van der Waals surface area (Å²) in [6.45, 7) is 4.01. The summed E-state index contributed by atoms with van der Waals surface area (Å²) in [5, 5.41) is 9.08. The summed E-state index contributed by atoms with van der Waals surface area (Å²) in [6.07, 6.45) is 7.03. The molecule has 2 aliphatic rings. The van der Waals surface area contributed by atoms with Crippen LogP contribution in [0.2, 0.25) is 0 Å². The Morgan fingerprint density at radius 1 is 1.08 bits per heavy atom. The molecule has 0 unspecified atom stereocenters. The zero-order chi connectivity index (χ0) is 17.6. The topological polar surface area (TPSA) is 60.9 Å². The van der Waals surface area contributed by atoms with Crippen LogP contribution in [0.4, 0.5) is 0 Å². The fourth-order valence-corrected chi connectivity index (χ4v) is 4.00. The molecule has 0 bridgehead atoms. The fraction of sp³-hybridized carbons (Fsp3) is 0.600. The number of piperazine rings is 1. The van der Waals surface area contributed by atoms with Crippen LogP contribution in [-0.2, 0) is 11.3 Å². The zero-order valence-electron chi connectivity index (χ0n) is 14.8. The molecule has 0 aromatic heterocycles. The van der Waals surface area contributed by atoms with Gasteiger partial charge in [0.25, 0.3) is 0 Å². The molecule has 2 fully saturated rings. The highest BCUT2D eigenvalue weighted by Crippen LogP contribution is 2.28. The molecule has 3 rings (SSSR count). The van der Waals surface area contributed by atoms with Crippen molar-refractivity contribution in [3.05, 3.63) is 35.4 Å². The Bertz CT molecular complexity index is 603. The van der Waals surface area contributed by atoms with Crippen molar-refractivity contribution in [3.8, 4) is 0 Å². The van der Waals surface area contributed by atoms with Crippen LogP contribution in [0.15, 0.2) is 24.3 Å². The first-order chi connectivity index (χ1) is 12.1. The molecule has 1 saturated heterocycles. The SMILES string of the molecule is O=C(O)c1cccc(CN2CCN(C(=O)CCC3CCCC3)CC2)c1. The Labute approximate surface area is 149 Å². The Morgan fingerprint density at radius 2 is 1.80 bits per heavy atom. The lowest BCUT2D eigenvalue weighted by Crippen LogP contribution is -2.48. The van der Waals surface area contributed by atoms with E-state index in [-0.39, 0.29) is 0 Å². The van der Waals surface area contributed by atoms with Gasteiger partial charge in [0.2, 0.25) is 5.91 Å². The second-order valence-corrected chi connectivity index (χ2v) is 7.35. The first-order valence-corrected chi connectivity index (χ1v) is 9.44. The molecule has 1 aliphatic carbocycles. The molecule has 0 radical (unpaired) electrons. The molecular formula is C20H28N2O3. The van der Waals surface area contributed by atoms with Crippen molar-refractivity contribution in [1.29, 1.82) is 0 Å². The first-order valence-electron chi connectivity index (χ1n) is 9.44. The average molecular weight is 344 g/mol.